The summed E-state index contributed by atoms with van der Waals surface area (Å²) in [6, 6.07) is 9.62. The average Bonchev–Trinajstić information content (AvgIpc) is 2.14. The summed E-state index contributed by atoms with van der Waals surface area (Å²) in [5.74, 6) is -0.742. The highest BCUT2D eigenvalue weighted by atomic mass is 31.2. The van der Waals surface area contributed by atoms with Crippen molar-refractivity contribution < 1.29 is 29.1 Å². The number of hydrogen-bond acceptors (Lipinski definition) is 2. The number of benzene rings is 1. The van der Waals surface area contributed by atoms with Gasteiger partial charge in [0.15, 0.2) is 0 Å². The Bertz CT molecular complexity index is 349. The van der Waals surface area contributed by atoms with Crippen molar-refractivity contribution in [2.75, 3.05) is 0 Å². The summed E-state index contributed by atoms with van der Waals surface area (Å²) in [5, 5.41) is 8.37. The molecule has 0 unspecified atom stereocenters. The van der Waals surface area contributed by atoms with Crippen molar-refractivity contribution in [2.24, 2.45) is 0 Å². The third-order valence-corrected chi connectivity index (χ3v) is 1.47. The first-order valence-corrected chi connectivity index (χ1v) is 5.89. The van der Waals surface area contributed by atoms with Gasteiger partial charge < -0.3 is 19.8 Å². The van der Waals surface area contributed by atoms with Gasteiger partial charge in [-0.15, -0.1) is 0 Å². The SMILES string of the molecule is O=C(O)CCc1ccccc1.O=P(O)(O)O. The van der Waals surface area contributed by atoms with Crippen LogP contribution in [-0.4, -0.2) is 25.8 Å². The summed E-state index contributed by atoms with van der Waals surface area (Å²) >= 11 is 0. The third kappa shape index (κ3) is 12.8. The first-order chi connectivity index (χ1) is 7.29. The minimum atomic E-state index is -4.64. The van der Waals surface area contributed by atoms with E-state index in [1.165, 1.54) is 0 Å². The monoisotopic (exact) mass is 248 g/mol. The second-order valence-corrected chi connectivity index (χ2v) is 3.92. The lowest BCUT2D eigenvalue weighted by Crippen LogP contribution is -1.96. The molecule has 0 bridgehead atoms. The number of carboxylic acid groups (broad SMARTS) is 1. The van der Waals surface area contributed by atoms with Crippen molar-refractivity contribution in [3.8, 4) is 0 Å². The molecule has 1 aromatic rings. The van der Waals surface area contributed by atoms with Crippen molar-refractivity contribution in [1.82, 2.24) is 0 Å². The molecule has 0 fully saturated rings. The normalized spacial score (nSPS) is 10.2. The Morgan fingerprint density at radius 3 is 1.94 bits per heavy atom. The van der Waals surface area contributed by atoms with Gasteiger partial charge in [0, 0.05) is 6.42 Å². The molecule has 1 aromatic carbocycles. The molecule has 0 saturated carbocycles. The van der Waals surface area contributed by atoms with E-state index in [0.29, 0.717) is 6.42 Å². The second-order valence-electron chi connectivity index (χ2n) is 2.89. The smallest absolute Gasteiger partial charge is 0.466 e. The van der Waals surface area contributed by atoms with Gasteiger partial charge in [-0.2, -0.15) is 0 Å². The number of aryl methyl sites for hydroxylation is 1. The van der Waals surface area contributed by atoms with Crippen LogP contribution in [0, 0.1) is 0 Å². The van der Waals surface area contributed by atoms with Crippen LogP contribution in [0.15, 0.2) is 30.3 Å². The van der Waals surface area contributed by atoms with Crippen LogP contribution < -0.4 is 0 Å². The van der Waals surface area contributed by atoms with E-state index in [1.807, 2.05) is 30.3 Å². The van der Waals surface area contributed by atoms with Crippen LogP contribution >= 0.6 is 7.82 Å². The van der Waals surface area contributed by atoms with Gasteiger partial charge in [-0.25, -0.2) is 4.57 Å². The van der Waals surface area contributed by atoms with Gasteiger partial charge in [0.05, 0.1) is 0 Å². The zero-order valence-electron chi connectivity index (χ0n) is 8.35. The Hall–Kier alpha value is -1.20. The highest BCUT2D eigenvalue weighted by molar-refractivity contribution is 7.45. The molecule has 0 atom stereocenters. The van der Waals surface area contributed by atoms with Crippen molar-refractivity contribution >= 4 is 13.8 Å². The predicted molar refractivity (Wildman–Crippen MR) is 56.7 cm³/mol. The van der Waals surface area contributed by atoms with Crippen LogP contribution in [0.5, 0.6) is 0 Å². The number of carbonyl (C=O) groups is 1. The van der Waals surface area contributed by atoms with E-state index >= 15 is 0 Å². The molecule has 4 N–H and O–H groups in total. The van der Waals surface area contributed by atoms with Gasteiger partial charge in [-0.1, -0.05) is 30.3 Å². The molecule has 1 rings (SSSR count). The first kappa shape index (κ1) is 14.8. The van der Waals surface area contributed by atoms with Gasteiger partial charge in [0.2, 0.25) is 0 Å². The Kier molecular flexibility index (Phi) is 6.60. The van der Waals surface area contributed by atoms with E-state index in [4.69, 9.17) is 24.4 Å². The van der Waals surface area contributed by atoms with Crippen LogP contribution in [0.4, 0.5) is 0 Å². The van der Waals surface area contributed by atoms with Crippen molar-refractivity contribution in [1.29, 1.82) is 0 Å². The van der Waals surface area contributed by atoms with E-state index in [2.05, 4.69) is 0 Å². The molecule has 90 valence electrons. The second kappa shape index (κ2) is 7.14. The van der Waals surface area contributed by atoms with Crippen LogP contribution in [0.1, 0.15) is 12.0 Å². The van der Waals surface area contributed by atoms with Crippen molar-refractivity contribution in [3.63, 3.8) is 0 Å². The Balaban J connectivity index is 0.000000385. The molecule has 0 aromatic heterocycles. The summed E-state index contributed by atoms with van der Waals surface area (Å²) in [4.78, 5) is 31.7. The number of phosphoric acid groups is 1. The highest BCUT2D eigenvalue weighted by Gasteiger charge is 2.00. The van der Waals surface area contributed by atoms with E-state index < -0.39 is 13.8 Å². The van der Waals surface area contributed by atoms with E-state index in [0.717, 1.165) is 5.56 Å². The maximum atomic E-state index is 10.2. The largest absolute Gasteiger partial charge is 0.481 e. The van der Waals surface area contributed by atoms with Crippen LogP contribution in [0.2, 0.25) is 0 Å². The molecular formula is C9H13O6P. The van der Waals surface area contributed by atoms with Crippen LogP contribution in [0.3, 0.4) is 0 Å². The lowest BCUT2D eigenvalue weighted by atomic mass is 10.1. The molecule has 0 saturated heterocycles. The molecule has 0 spiro atoms. The molecule has 0 aliphatic rings. The molecule has 0 aliphatic heterocycles. The fraction of sp³-hybridized carbons (Fsp3) is 0.222. The van der Waals surface area contributed by atoms with Crippen molar-refractivity contribution in [2.45, 2.75) is 12.8 Å². The van der Waals surface area contributed by atoms with Gasteiger partial charge >= 0.3 is 13.8 Å². The lowest BCUT2D eigenvalue weighted by Gasteiger charge is -1.95. The fourth-order valence-electron chi connectivity index (χ4n) is 0.896. The molecule has 6 nitrogen and oxygen atoms in total. The number of rotatable bonds is 3. The molecule has 0 radical (unpaired) electrons. The Morgan fingerprint density at radius 2 is 1.56 bits per heavy atom. The van der Waals surface area contributed by atoms with Crippen LogP contribution in [0.25, 0.3) is 0 Å². The minimum Gasteiger partial charge on any atom is -0.481 e. The maximum absolute atomic E-state index is 10.2. The van der Waals surface area contributed by atoms with E-state index in [-0.39, 0.29) is 6.42 Å². The van der Waals surface area contributed by atoms with Gasteiger partial charge in [-0.05, 0) is 12.0 Å². The van der Waals surface area contributed by atoms with Crippen molar-refractivity contribution in [3.05, 3.63) is 35.9 Å². The summed E-state index contributed by atoms with van der Waals surface area (Å²) in [5.41, 5.74) is 1.08. The summed E-state index contributed by atoms with van der Waals surface area (Å²) in [6.07, 6.45) is 0.834. The molecule has 0 aliphatic carbocycles. The van der Waals surface area contributed by atoms with Gasteiger partial charge in [-0.3, -0.25) is 4.79 Å². The lowest BCUT2D eigenvalue weighted by molar-refractivity contribution is -0.136. The number of hydrogen-bond donors (Lipinski definition) is 4. The molecule has 7 heteroatoms. The Labute approximate surface area is 92.4 Å². The average molecular weight is 248 g/mol. The van der Waals surface area contributed by atoms with Gasteiger partial charge in [0.1, 0.15) is 0 Å². The van der Waals surface area contributed by atoms with Gasteiger partial charge in [0.25, 0.3) is 0 Å². The third-order valence-electron chi connectivity index (χ3n) is 1.47. The standard InChI is InChI=1S/C9H10O2.H3O4P/c10-9(11)7-6-8-4-2-1-3-5-8;1-5(2,3)4/h1-5H,6-7H2,(H,10,11);(H3,1,2,3,4). The molecule has 16 heavy (non-hydrogen) atoms. The zero-order valence-corrected chi connectivity index (χ0v) is 9.25. The fourth-order valence-corrected chi connectivity index (χ4v) is 0.896. The number of aliphatic carboxylic acids is 1. The molecular weight excluding hydrogens is 235 g/mol. The molecule has 0 amide bonds. The molecule has 0 heterocycles. The topological polar surface area (TPSA) is 115 Å². The number of carboxylic acids is 1. The van der Waals surface area contributed by atoms with E-state index in [9.17, 15) is 4.79 Å². The summed E-state index contributed by atoms with van der Waals surface area (Å²) in [6.45, 7) is 0. The maximum Gasteiger partial charge on any atom is 0.466 e. The quantitative estimate of drug-likeness (QED) is 0.587. The summed E-state index contributed by atoms with van der Waals surface area (Å²) < 4.78 is 8.88. The summed E-state index contributed by atoms with van der Waals surface area (Å²) in [7, 11) is -4.64. The minimum absolute atomic E-state index is 0.212. The highest BCUT2D eigenvalue weighted by Crippen LogP contribution is 2.25. The first-order valence-electron chi connectivity index (χ1n) is 4.33. The zero-order chi connectivity index (χ0) is 12.6. The predicted octanol–water partition coefficient (Wildman–Crippen LogP) is 0.775. The van der Waals surface area contributed by atoms with E-state index in [1.54, 1.807) is 0 Å². The van der Waals surface area contributed by atoms with Crippen LogP contribution in [-0.2, 0) is 15.8 Å². The Morgan fingerprint density at radius 1 is 1.12 bits per heavy atom.